The highest BCUT2D eigenvalue weighted by Gasteiger charge is 2.32. The zero-order chi connectivity index (χ0) is 9.97. The summed E-state index contributed by atoms with van der Waals surface area (Å²) in [6.07, 6.45) is 10.4. The van der Waals surface area contributed by atoms with E-state index in [1.807, 2.05) is 6.92 Å². The Balaban J connectivity index is 1.98. The van der Waals surface area contributed by atoms with Crippen LogP contribution in [0.5, 0.6) is 0 Å². The van der Waals surface area contributed by atoms with E-state index in [1.54, 1.807) is 0 Å². The quantitative estimate of drug-likeness (QED) is 0.703. The number of aliphatic hydroxyl groups is 1. The Hall–Kier alpha value is -0.0800. The number of hydrogen-bond donors (Lipinski definition) is 1. The standard InChI is InChI=1S/C12H23NO/c1-10(14)13(11-6-2-3-7-11)12-8-4-5-9-12/h10-12,14H,2-9H2,1H3. The molecule has 0 amide bonds. The number of aliphatic hydroxyl groups excluding tert-OH is 1. The van der Waals surface area contributed by atoms with Crippen LogP contribution in [0.4, 0.5) is 0 Å². The van der Waals surface area contributed by atoms with E-state index in [4.69, 9.17) is 0 Å². The zero-order valence-corrected chi connectivity index (χ0v) is 9.28. The molecule has 2 fully saturated rings. The zero-order valence-electron chi connectivity index (χ0n) is 9.28. The fraction of sp³-hybridized carbons (Fsp3) is 1.00. The molecule has 2 rings (SSSR count). The third-order valence-corrected chi connectivity index (χ3v) is 3.92. The molecule has 1 unspecified atom stereocenters. The summed E-state index contributed by atoms with van der Waals surface area (Å²) in [4.78, 5) is 2.40. The molecule has 0 aromatic carbocycles. The number of hydrogen-bond acceptors (Lipinski definition) is 2. The summed E-state index contributed by atoms with van der Waals surface area (Å²) in [5.41, 5.74) is 0. The Morgan fingerprint density at radius 1 is 0.929 bits per heavy atom. The van der Waals surface area contributed by atoms with Gasteiger partial charge in [-0.1, -0.05) is 25.7 Å². The first-order valence-electron chi connectivity index (χ1n) is 6.24. The maximum absolute atomic E-state index is 9.86. The molecule has 0 bridgehead atoms. The highest BCUT2D eigenvalue weighted by molar-refractivity contribution is 4.86. The van der Waals surface area contributed by atoms with Crippen molar-refractivity contribution in [3.8, 4) is 0 Å². The van der Waals surface area contributed by atoms with Crippen molar-refractivity contribution >= 4 is 0 Å². The van der Waals surface area contributed by atoms with E-state index in [0.717, 1.165) is 0 Å². The Kier molecular flexibility index (Phi) is 3.45. The normalized spacial score (nSPS) is 27.6. The van der Waals surface area contributed by atoms with Crippen LogP contribution in [0.25, 0.3) is 0 Å². The van der Waals surface area contributed by atoms with Gasteiger partial charge in [-0.3, -0.25) is 4.90 Å². The van der Waals surface area contributed by atoms with E-state index >= 15 is 0 Å². The van der Waals surface area contributed by atoms with Crippen LogP contribution in [0.3, 0.4) is 0 Å². The molecule has 0 heterocycles. The monoisotopic (exact) mass is 197 g/mol. The molecule has 0 radical (unpaired) electrons. The second-order valence-corrected chi connectivity index (χ2v) is 4.96. The van der Waals surface area contributed by atoms with Gasteiger partial charge in [-0.05, 0) is 32.6 Å². The minimum absolute atomic E-state index is 0.235. The predicted octanol–water partition coefficient (Wildman–Crippen LogP) is 2.51. The SMILES string of the molecule is CC(O)N(C1CCCC1)C1CCCC1. The fourth-order valence-corrected chi connectivity index (χ4v) is 3.31. The first-order chi connectivity index (χ1) is 6.79. The lowest BCUT2D eigenvalue weighted by Crippen LogP contribution is -2.46. The first-order valence-corrected chi connectivity index (χ1v) is 6.24. The summed E-state index contributed by atoms with van der Waals surface area (Å²) in [7, 11) is 0. The molecule has 1 N–H and O–H groups in total. The molecule has 0 aromatic heterocycles. The number of rotatable bonds is 3. The Morgan fingerprint density at radius 3 is 1.57 bits per heavy atom. The fourth-order valence-electron chi connectivity index (χ4n) is 3.31. The largest absolute Gasteiger partial charge is 0.379 e. The van der Waals surface area contributed by atoms with Crippen LogP contribution < -0.4 is 0 Å². The van der Waals surface area contributed by atoms with Crippen molar-refractivity contribution in [3.05, 3.63) is 0 Å². The maximum Gasteiger partial charge on any atom is 0.105 e. The van der Waals surface area contributed by atoms with Crippen LogP contribution in [-0.4, -0.2) is 28.3 Å². The molecule has 2 saturated carbocycles. The lowest BCUT2D eigenvalue weighted by Gasteiger charge is -2.36. The van der Waals surface area contributed by atoms with Crippen LogP contribution >= 0.6 is 0 Å². The van der Waals surface area contributed by atoms with Gasteiger partial charge in [0.25, 0.3) is 0 Å². The van der Waals surface area contributed by atoms with Gasteiger partial charge in [0.1, 0.15) is 6.23 Å². The van der Waals surface area contributed by atoms with Gasteiger partial charge in [0, 0.05) is 12.1 Å². The molecule has 0 aliphatic heterocycles. The highest BCUT2D eigenvalue weighted by atomic mass is 16.3. The molecule has 82 valence electrons. The molecule has 1 atom stereocenters. The summed E-state index contributed by atoms with van der Waals surface area (Å²) < 4.78 is 0. The van der Waals surface area contributed by atoms with Crippen molar-refractivity contribution in [2.75, 3.05) is 0 Å². The van der Waals surface area contributed by atoms with Gasteiger partial charge < -0.3 is 5.11 Å². The van der Waals surface area contributed by atoms with E-state index in [1.165, 1.54) is 51.4 Å². The molecule has 2 nitrogen and oxygen atoms in total. The van der Waals surface area contributed by atoms with E-state index in [-0.39, 0.29) is 6.23 Å². The summed E-state index contributed by atoms with van der Waals surface area (Å²) >= 11 is 0. The molecule has 2 aliphatic rings. The third kappa shape index (κ3) is 2.12. The van der Waals surface area contributed by atoms with Crippen LogP contribution in [0.1, 0.15) is 58.3 Å². The summed E-state index contributed by atoms with van der Waals surface area (Å²) in [5, 5.41) is 9.86. The number of nitrogens with zero attached hydrogens (tertiary/aromatic N) is 1. The summed E-state index contributed by atoms with van der Waals surface area (Å²) in [6, 6.07) is 1.36. The molecular weight excluding hydrogens is 174 g/mol. The molecule has 14 heavy (non-hydrogen) atoms. The van der Waals surface area contributed by atoms with Crippen LogP contribution in [0, 0.1) is 0 Å². The second-order valence-electron chi connectivity index (χ2n) is 4.96. The van der Waals surface area contributed by atoms with Crippen LogP contribution in [-0.2, 0) is 0 Å². The predicted molar refractivity (Wildman–Crippen MR) is 58.0 cm³/mol. The van der Waals surface area contributed by atoms with Gasteiger partial charge in [0.05, 0.1) is 0 Å². The molecule has 0 spiro atoms. The van der Waals surface area contributed by atoms with Crippen molar-refractivity contribution < 1.29 is 5.11 Å². The van der Waals surface area contributed by atoms with Crippen molar-refractivity contribution in [2.45, 2.75) is 76.6 Å². The molecule has 0 aromatic rings. The first kappa shape index (κ1) is 10.4. The van der Waals surface area contributed by atoms with E-state index < -0.39 is 0 Å². The van der Waals surface area contributed by atoms with Crippen LogP contribution in [0.15, 0.2) is 0 Å². The maximum atomic E-state index is 9.86. The molecule has 2 heteroatoms. The van der Waals surface area contributed by atoms with Gasteiger partial charge >= 0.3 is 0 Å². The lowest BCUT2D eigenvalue weighted by molar-refractivity contribution is -0.0389. The van der Waals surface area contributed by atoms with Crippen molar-refractivity contribution in [1.82, 2.24) is 4.90 Å². The van der Waals surface area contributed by atoms with E-state index in [2.05, 4.69) is 4.90 Å². The molecule has 0 saturated heterocycles. The minimum atomic E-state index is -0.235. The Bertz CT molecular complexity index is 153. The topological polar surface area (TPSA) is 23.5 Å². The second kappa shape index (κ2) is 4.63. The van der Waals surface area contributed by atoms with Gasteiger partial charge in [-0.15, -0.1) is 0 Å². The van der Waals surface area contributed by atoms with Crippen LogP contribution in [0.2, 0.25) is 0 Å². The smallest absolute Gasteiger partial charge is 0.105 e. The van der Waals surface area contributed by atoms with Crippen molar-refractivity contribution in [2.24, 2.45) is 0 Å². The van der Waals surface area contributed by atoms with E-state index in [9.17, 15) is 5.11 Å². The minimum Gasteiger partial charge on any atom is -0.379 e. The Labute approximate surface area is 87.3 Å². The lowest BCUT2D eigenvalue weighted by atomic mass is 10.1. The average Bonchev–Trinajstić information content (AvgIpc) is 2.75. The van der Waals surface area contributed by atoms with Gasteiger partial charge in [0.2, 0.25) is 0 Å². The Morgan fingerprint density at radius 2 is 1.29 bits per heavy atom. The molecular formula is C12H23NO. The van der Waals surface area contributed by atoms with Gasteiger partial charge in [-0.2, -0.15) is 0 Å². The molecule has 2 aliphatic carbocycles. The average molecular weight is 197 g/mol. The van der Waals surface area contributed by atoms with Gasteiger partial charge in [0.15, 0.2) is 0 Å². The third-order valence-electron chi connectivity index (χ3n) is 3.92. The van der Waals surface area contributed by atoms with E-state index in [0.29, 0.717) is 12.1 Å². The van der Waals surface area contributed by atoms with Crippen molar-refractivity contribution in [1.29, 1.82) is 0 Å². The highest BCUT2D eigenvalue weighted by Crippen LogP contribution is 2.32. The van der Waals surface area contributed by atoms with Gasteiger partial charge in [-0.25, -0.2) is 0 Å². The van der Waals surface area contributed by atoms with Crippen molar-refractivity contribution in [3.63, 3.8) is 0 Å². The summed E-state index contributed by atoms with van der Waals surface area (Å²) in [5.74, 6) is 0. The summed E-state index contributed by atoms with van der Waals surface area (Å²) in [6.45, 7) is 1.94.